The predicted molar refractivity (Wildman–Crippen MR) is 52.0 cm³/mol. The monoisotopic (exact) mass is 202 g/mol. The highest BCUT2D eigenvalue weighted by atomic mass is 35.5. The minimum absolute atomic E-state index is 0.146. The smallest absolute Gasteiger partial charge is 0.173 e. The fourth-order valence-electron chi connectivity index (χ4n) is 1.22. The Kier molecular flexibility index (Phi) is 3.55. The summed E-state index contributed by atoms with van der Waals surface area (Å²) in [7, 11) is 1.42. The molecule has 0 aromatic heterocycles. The number of halogens is 2. The SMILES string of the molecule is CCCc1ccc(Cl)c(OC)c1F. The number of hydrogen-bond donors (Lipinski definition) is 0. The maximum absolute atomic E-state index is 13.5. The molecule has 0 atom stereocenters. The van der Waals surface area contributed by atoms with E-state index in [-0.39, 0.29) is 11.6 Å². The molecule has 72 valence electrons. The van der Waals surface area contributed by atoms with E-state index in [1.54, 1.807) is 12.1 Å². The molecule has 1 rings (SSSR count). The fourth-order valence-corrected chi connectivity index (χ4v) is 1.45. The number of rotatable bonds is 3. The van der Waals surface area contributed by atoms with E-state index in [0.717, 1.165) is 6.42 Å². The molecule has 0 radical (unpaired) electrons. The Hall–Kier alpha value is -0.760. The standard InChI is InChI=1S/C10H12ClFO/c1-3-4-7-5-6-8(11)10(13-2)9(7)12/h5-6H,3-4H2,1-2H3. The van der Waals surface area contributed by atoms with Gasteiger partial charge in [-0.15, -0.1) is 0 Å². The van der Waals surface area contributed by atoms with Gasteiger partial charge in [-0.1, -0.05) is 31.0 Å². The van der Waals surface area contributed by atoms with Gasteiger partial charge in [0.15, 0.2) is 11.6 Å². The van der Waals surface area contributed by atoms with E-state index in [1.165, 1.54) is 7.11 Å². The third-order valence-electron chi connectivity index (χ3n) is 1.85. The van der Waals surface area contributed by atoms with Crippen LogP contribution in [0.15, 0.2) is 12.1 Å². The van der Waals surface area contributed by atoms with Crippen molar-refractivity contribution in [2.24, 2.45) is 0 Å². The molecule has 0 heterocycles. The molecule has 0 amide bonds. The number of hydrogen-bond acceptors (Lipinski definition) is 1. The van der Waals surface area contributed by atoms with Crippen molar-refractivity contribution in [3.05, 3.63) is 28.5 Å². The summed E-state index contributed by atoms with van der Waals surface area (Å²) >= 11 is 5.74. The third-order valence-corrected chi connectivity index (χ3v) is 2.15. The van der Waals surface area contributed by atoms with Gasteiger partial charge < -0.3 is 4.74 Å². The molecule has 0 saturated carbocycles. The van der Waals surface area contributed by atoms with Gasteiger partial charge in [0.25, 0.3) is 0 Å². The fraction of sp³-hybridized carbons (Fsp3) is 0.400. The van der Waals surface area contributed by atoms with Crippen LogP contribution in [0.2, 0.25) is 5.02 Å². The Bertz CT molecular complexity index is 299. The molecular weight excluding hydrogens is 191 g/mol. The van der Waals surface area contributed by atoms with Gasteiger partial charge in [-0.2, -0.15) is 0 Å². The first kappa shape index (κ1) is 10.3. The van der Waals surface area contributed by atoms with Crippen molar-refractivity contribution in [2.75, 3.05) is 7.11 Å². The van der Waals surface area contributed by atoms with Crippen LogP contribution in [0.3, 0.4) is 0 Å². The molecule has 13 heavy (non-hydrogen) atoms. The molecule has 0 bridgehead atoms. The first-order chi connectivity index (χ1) is 6.20. The van der Waals surface area contributed by atoms with E-state index in [2.05, 4.69) is 0 Å². The molecule has 0 N–H and O–H groups in total. The first-order valence-electron chi connectivity index (χ1n) is 4.21. The molecule has 0 unspecified atom stereocenters. The van der Waals surface area contributed by atoms with Gasteiger partial charge in [-0.25, -0.2) is 4.39 Å². The van der Waals surface area contributed by atoms with Crippen LogP contribution >= 0.6 is 11.6 Å². The van der Waals surface area contributed by atoms with Crippen molar-refractivity contribution in [1.82, 2.24) is 0 Å². The molecule has 0 saturated heterocycles. The van der Waals surface area contributed by atoms with Crippen molar-refractivity contribution >= 4 is 11.6 Å². The van der Waals surface area contributed by atoms with Crippen molar-refractivity contribution in [3.63, 3.8) is 0 Å². The van der Waals surface area contributed by atoms with Crippen LogP contribution < -0.4 is 4.74 Å². The summed E-state index contributed by atoms with van der Waals surface area (Å²) in [5.41, 5.74) is 0.656. The predicted octanol–water partition coefficient (Wildman–Crippen LogP) is 3.44. The molecule has 0 aliphatic carbocycles. The van der Waals surface area contributed by atoms with E-state index in [4.69, 9.17) is 16.3 Å². The van der Waals surface area contributed by atoms with Gasteiger partial charge in [0.2, 0.25) is 0 Å². The van der Waals surface area contributed by atoms with Gasteiger partial charge in [0.1, 0.15) is 0 Å². The van der Waals surface area contributed by atoms with E-state index >= 15 is 0 Å². The van der Waals surface area contributed by atoms with Crippen LogP contribution in [-0.4, -0.2) is 7.11 Å². The summed E-state index contributed by atoms with van der Waals surface area (Å²) < 4.78 is 18.4. The average molecular weight is 203 g/mol. The average Bonchev–Trinajstić information content (AvgIpc) is 2.11. The van der Waals surface area contributed by atoms with Crippen molar-refractivity contribution in [1.29, 1.82) is 0 Å². The van der Waals surface area contributed by atoms with E-state index in [0.29, 0.717) is 17.0 Å². The third kappa shape index (κ3) is 2.13. The molecule has 0 aliphatic rings. The molecule has 0 fully saturated rings. The van der Waals surface area contributed by atoms with Crippen molar-refractivity contribution in [2.45, 2.75) is 19.8 Å². The zero-order valence-electron chi connectivity index (χ0n) is 7.73. The second kappa shape index (κ2) is 4.47. The number of aryl methyl sites for hydroxylation is 1. The Morgan fingerprint density at radius 1 is 1.46 bits per heavy atom. The summed E-state index contributed by atoms with van der Waals surface area (Å²) in [5, 5.41) is 0.319. The second-order valence-corrected chi connectivity index (χ2v) is 3.21. The highest BCUT2D eigenvalue weighted by Crippen LogP contribution is 2.29. The highest BCUT2D eigenvalue weighted by Gasteiger charge is 2.11. The van der Waals surface area contributed by atoms with Gasteiger partial charge in [0, 0.05) is 0 Å². The van der Waals surface area contributed by atoms with Crippen molar-refractivity contribution in [3.8, 4) is 5.75 Å². The lowest BCUT2D eigenvalue weighted by Crippen LogP contribution is -1.95. The Morgan fingerprint density at radius 2 is 2.15 bits per heavy atom. The van der Waals surface area contributed by atoms with Crippen LogP contribution in [0.5, 0.6) is 5.75 Å². The van der Waals surface area contributed by atoms with Crippen LogP contribution in [0.1, 0.15) is 18.9 Å². The molecule has 0 aliphatic heterocycles. The summed E-state index contributed by atoms with van der Waals surface area (Å²) in [4.78, 5) is 0. The molecular formula is C10H12ClFO. The zero-order valence-corrected chi connectivity index (χ0v) is 8.49. The lowest BCUT2D eigenvalue weighted by molar-refractivity contribution is 0.384. The maximum atomic E-state index is 13.5. The van der Waals surface area contributed by atoms with Crippen molar-refractivity contribution < 1.29 is 9.13 Å². The first-order valence-corrected chi connectivity index (χ1v) is 4.59. The Balaban J connectivity index is 3.11. The summed E-state index contributed by atoms with van der Waals surface area (Å²) in [5.74, 6) is -0.190. The quantitative estimate of drug-likeness (QED) is 0.730. The minimum atomic E-state index is -0.336. The van der Waals surface area contributed by atoms with Crippen LogP contribution in [-0.2, 0) is 6.42 Å². The minimum Gasteiger partial charge on any atom is -0.492 e. The molecule has 0 spiro atoms. The molecule has 1 aromatic carbocycles. The lowest BCUT2D eigenvalue weighted by atomic mass is 10.1. The molecule has 3 heteroatoms. The molecule has 1 aromatic rings. The van der Waals surface area contributed by atoms with E-state index in [1.807, 2.05) is 6.92 Å². The van der Waals surface area contributed by atoms with Crippen LogP contribution in [0.25, 0.3) is 0 Å². The largest absolute Gasteiger partial charge is 0.492 e. The van der Waals surface area contributed by atoms with Gasteiger partial charge >= 0.3 is 0 Å². The summed E-state index contributed by atoms with van der Waals surface area (Å²) in [6, 6.07) is 3.36. The number of ether oxygens (including phenoxy) is 1. The highest BCUT2D eigenvalue weighted by molar-refractivity contribution is 6.32. The maximum Gasteiger partial charge on any atom is 0.173 e. The van der Waals surface area contributed by atoms with Crippen LogP contribution in [0, 0.1) is 5.82 Å². The lowest BCUT2D eigenvalue weighted by Gasteiger charge is -2.07. The molecule has 1 nitrogen and oxygen atoms in total. The number of methoxy groups -OCH3 is 1. The summed E-state index contributed by atoms with van der Waals surface area (Å²) in [6.45, 7) is 2.00. The summed E-state index contributed by atoms with van der Waals surface area (Å²) in [6.07, 6.45) is 1.61. The zero-order chi connectivity index (χ0) is 9.84. The van der Waals surface area contributed by atoms with Gasteiger partial charge in [0.05, 0.1) is 12.1 Å². The van der Waals surface area contributed by atoms with Gasteiger partial charge in [-0.05, 0) is 18.1 Å². The van der Waals surface area contributed by atoms with E-state index < -0.39 is 0 Å². The Labute approximate surface area is 82.5 Å². The normalized spacial score (nSPS) is 10.2. The second-order valence-electron chi connectivity index (χ2n) is 2.80. The van der Waals surface area contributed by atoms with E-state index in [9.17, 15) is 4.39 Å². The number of benzene rings is 1. The topological polar surface area (TPSA) is 9.23 Å². The Morgan fingerprint density at radius 3 is 2.69 bits per heavy atom. The van der Waals surface area contributed by atoms with Crippen LogP contribution in [0.4, 0.5) is 4.39 Å². The van der Waals surface area contributed by atoms with Gasteiger partial charge in [-0.3, -0.25) is 0 Å².